The second kappa shape index (κ2) is 7.21. The van der Waals surface area contributed by atoms with E-state index >= 15 is 0 Å². The third-order valence-electron chi connectivity index (χ3n) is 4.60. The van der Waals surface area contributed by atoms with Crippen molar-refractivity contribution >= 4 is 5.91 Å². The fraction of sp³-hybridized carbons (Fsp3) is 0.722. The Morgan fingerprint density at radius 1 is 1.36 bits per heavy atom. The maximum absolute atomic E-state index is 11.6. The number of hydrogen-bond acceptors (Lipinski definition) is 3. The number of carbonyl (C=O) groups is 1. The molecule has 4 heteroatoms. The molecule has 1 aliphatic rings. The molecule has 1 saturated heterocycles. The minimum atomic E-state index is -0.0847. The highest BCUT2D eigenvalue weighted by Gasteiger charge is 2.38. The van der Waals surface area contributed by atoms with Crippen LogP contribution in [0.3, 0.4) is 0 Å². The Balaban J connectivity index is 3.04. The van der Waals surface area contributed by atoms with Crippen molar-refractivity contribution in [2.24, 2.45) is 11.3 Å². The molecule has 0 bridgehead atoms. The van der Waals surface area contributed by atoms with Crippen molar-refractivity contribution in [3.05, 3.63) is 24.6 Å². The molecule has 2 N–H and O–H groups in total. The SMILES string of the molecule is C=C(NC)C1CC(CC)CN1C(=C)C(NC(C)=O)C(C)(C)C. The normalized spacial score (nSPS) is 23.1. The molecule has 1 rings (SSSR count). The van der Waals surface area contributed by atoms with E-state index in [0.29, 0.717) is 5.92 Å². The molecule has 0 saturated carbocycles. The fourth-order valence-electron chi connectivity index (χ4n) is 3.20. The fourth-order valence-corrected chi connectivity index (χ4v) is 3.20. The molecule has 1 heterocycles. The van der Waals surface area contributed by atoms with Gasteiger partial charge in [0.05, 0.1) is 12.1 Å². The van der Waals surface area contributed by atoms with Crippen LogP contribution in [0.15, 0.2) is 24.6 Å². The van der Waals surface area contributed by atoms with Crippen LogP contribution in [0.2, 0.25) is 0 Å². The molecule has 1 aliphatic heterocycles. The quantitative estimate of drug-likeness (QED) is 0.793. The third-order valence-corrected chi connectivity index (χ3v) is 4.60. The molecule has 0 radical (unpaired) electrons. The second-order valence-corrected chi connectivity index (χ2v) is 7.44. The third kappa shape index (κ3) is 4.28. The van der Waals surface area contributed by atoms with Gasteiger partial charge in [-0.1, -0.05) is 47.3 Å². The predicted octanol–water partition coefficient (Wildman–Crippen LogP) is 2.88. The largest absolute Gasteiger partial charge is 0.390 e. The molecule has 0 spiro atoms. The van der Waals surface area contributed by atoms with Crippen molar-refractivity contribution in [1.82, 2.24) is 15.5 Å². The zero-order valence-electron chi connectivity index (χ0n) is 15.1. The minimum Gasteiger partial charge on any atom is -0.390 e. The summed E-state index contributed by atoms with van der Waals surface area (Å²) in [4.78, 5) is 13.9. The molecular weight excluding hydrogens is 274 g/mol. The molecule has 3 atom stereocenters. The average Bonchev–Trinajstić information content (AvgIpc) is 2.86. The van der Waals surface area contributed by atoms with Crippen molar-refractivity contribution in [1.29, 1.82) is 0 Å². The van der Waals surface area contributed by atoms with Crippen LogP contribution >= 0.6 is 0 Å². The van der Waals surface area contributed by atoms with Gasteiger partial charge in [0.25, 0.3) is 0 Å². The first-order valence-electron chi connectivity index (χ1n) is 8.20. The summed E-state index contributed by atoms with van der Waals surface area (Å²) in [5, 5.41) is 6.27. The standard InChI is InChI=1S/C18H33N3O/c1-9-15-10-16(12(2)19-8)21(11-15)13(3)17(18(5,6)7)20-14(4)22/h15-17,19H,2-3,9-11H2,1,4-8H3,(H,20,22). The monoisotopic (exact) mass is 307 g/mol. The van der Waals surface area contributed by atoms with Crippen molar-refractivity contribution in [2.45, 2.75) is 59.5 Å². The first-order valence-corrected chi connectivity index (χ1v) is 8.20. The van der Waals surface area contributed by atoms with E-state index in [1.165, 1.54) is 0 Å². The summed E-state index contributed by atoms with van der Waals surface area (Å²) in [6.45, 7) is 19.7. The Labute approximate surface area is 136 Å². The number of likely N-dealkylation sites (tertiary alicyclic amines) is 1. The van der Waals surface area contributed by atoms with Crippen molar-refractivity contribution in [3.63, 3.8) is 0 Å². The summed E-state index contributed by atoms with van der Waals surface area (Å²) in [6.07, 6.45) is 2.24. The van der Waals surface area contributed by atoms with Crippen LogP contribution in [0.4, 0.5) is 0 Å². The first-order chi connectivity index (χ1) is 10.1. The number of rotatable bonds is 6. The molecule has 126 valence electrons. The van der Waals surface area contributed by atoms with Crippen LogP contribution in [0.1, 0.15) is 47.5 Å². The molecular formula is C18H33N3O. The summed E-state index contributed by atoms with van der Waals surface area (Å²) in [5.41, 5.74) is 1.92. The van der Waals surface area contributed by atoms with Gasteiger partial charge in [-0.15, -0.1) is 0 Å². The highest BCUT2D eigenvalue weighted by Crippen LogP contribution is 2.35. The van der Waals surface area contributed by atoms with E-state index < -0.39 is 0 Å². The van der Waals surface area contributed by atoms with E-state index in [4.69, 9.17) is 0 Å². The summed E-state index contributed by atoms with van der Waals surface area (Å²) < 4.78 is 0. The lowest BCUT2D eigenvalue weighted by molar-refractivity contribution is -0.120. The molecule has 22 heavy (non-hydrogen) atoms. The van der Waals surface area contributed by atoms with Crippen molar-refractivity contribution in [2.75, 3.05) is 13.6 Å². The summed E-state index contributed by atoms with van der Waals surface area (Å²) in [7, 11) is 1.91. The van der Waals surface area contributed by atoms with Crippen molar-refractivity contribution < 1.29 is 4.79 Å². The van der Waals surface area contributed by atoms with Crippen LogP contribution in [0.25, 0.3) is 0 Å². The molecule has 0 aliphatic carbocycles. The number of nitrogens with one attached hydrogen (secondary N) is 2. The maximum atomic E-state index is 11.6. The van der Waals surface area contributed by atoms with E-state index in [-0.39, 0.29) is 23.4 Å². The molecule has 3 unspecified atom stereocenters. The Morgan fingerprint density at radius 2 is 1.95 bits per heavy atom. The molecule has 4 nitrogen and oxygen atoms in total. The molecule has 0 aromatic heterocycles. The van der Waals surface area contributed by atoms with Crippen LogP contribution in [-0.2, 0) is 4.79 Å². The average molecular weight is 307 g/mol. The van der Waals surface area contributed by atoms with Crippen LogP contribution in [-0.4, -0.2) is 36.5 Å². The van der Waals surface area contributed by atoms with Gasteiger partial charge in [0.2, 0.25) is 5.91 Å². The van der Waals surface area contributed by atoms with Crippen LogP contribution in [0.5, 0.6) is 0 Å². The Kier molecular flexibility index (Phi) is 6.09. The molecule has 0 aromatic rings. The first kappa shape index (κ1) is 18.6. The summed E-state index contributed by atoms with van der Waals surface area (Å²) in [5.74, 6) is 0.626. The summed E-state index contributed by atoms with van der Waals surface area (Å²) >= 11 is 0. The topological polar surface area (TPSA) is 44.4 Å². The minimum absolute atomic E-state index is 0.0173. The van der Waals surface area contributed by atoms with E-state index in [0.717, 1.165) is 30.8 Å². The highest BCUT2D eigenvalue weighted by atomic mass is 16.1. The van der Waals surface area contributed by atoms with Crippen molar-refractivity contribution in [3.8, 4) is 0 Å². The highest BCUT2D eigenvalue weighted by molar-refractivity contribution is 5.73. The Hall–Kier alpha value is -1.45. The second-order valence-electron chi connectivity index (χ2n) is 7.44. The van der Waals surface area contributed by atoms with Gasteiger partial charge in [-0.05, 0) is 17.8 Å². The van der Waals surface area contributed by atoms with Crippen LogP contribution in [0, 0.1) is 11.3 Å². The van der Waals surface area contributed by atoms with Gasteiger partial charge in [0.1, 0.15) is 0 Å². The lowest BCUT2D eigenvalue weighted by atomic mass is 9.84. The van der Waals surface area contributed by atoms with Gasteiger partial charge in [-0.25, -0.2) is 0 Å². The molecule has 0 aromatic carbocycles. The zero-order valence-corrected chi connectivity index (χ0v) is 15.1. The van der Waals surface area contributed by atoms with E-state index in [1.54, 1.807) is 6.92 Å². The summed E-state index contributed by atoms with van der Waals surface area (Å²) in [6, 6.07) is 0.175. The van der Waals surface area contributed by atoms with Gasteiger partial charge in [-0.2, -0.15) is 0 Å². The van der Waals surface area contributed by atoms with E-state index in [9.17, 15) is 4.79 Å². The number of likely N-dealkylation sites (N-methyl/N-ethyl adjacent to an activating group) is 1. The molecule has 1 amide bonds. The smallest absolute Gasteiger partial charge is 0.217 e. The van der Waals surface area contributed by atoms with Gasteiger partial charge < -0.3 is 15.5 Å². The lowest BCUT2D eigenvalue weighted by Gasteiger charge is -2.40. The Morgan fingerprint density at radius 3 is 2.36 bits per heavy atom. The predicted molar refractivity (Wildman–Crippen MR) is 93.3 cm³/mol. The van der Waals surface area contributed by atoms with Gasteiger partial charge >= 0.3 is 0 Å². The van der Waals surface area contributed by atoms with Crippen LogP contribution < -0.4 is 10.6 Å². The number of amides is 1. The van der Waals surface area contributed by atoms with E-state index in [1.807, 2.05) is 7.05 Å². The van der Waals surface area contributed by atoms with Gasteiger partial charge in [-0.3, -0.25) is 4.79 Å². The van der Waals surface area contributed by atoms with Gasteiger partial charge in [0.15, 0.2) is 0 Å². The number of hydrogen-bond donors (Lipinski definition) is 2. The zero-order chi connectivity index (χ0) is 17.1. The molecule has 1 fully saturated rings. The lowest BCUT2D eigenvalue weighted by Crippen LogP contribution is -2.49. The Bertz CT molecular complexity index is 436. The number of carbonyl (C=O) groups excluding carboxylic acids is 1. The maximum Gasteiger partial charge on any atom is 0.217 e. The van der Waals surface area contributed by atoms with Gasteiger partial charge in [0, 0.05) is 31.9 Å². The van der Waals surface area contributed by atoms with E-state index in [2.05, 4.69) is 56.4 Å². The number of nitrogens with zero attached hydrogens (tertiary/aromatic N) is 1.